The maximum atomic E-state index is 11.4. The van der Waals surface area contributed by atoms with Crippen molar-refractivity contribution in [1.82, 2.24) is 0 Å². The van der Waals surface area contributed by atoms with E-state index in [0.29, 0.717) is 19.4 Å². The Bertz CT molecular complexity index is 315. The summed E-state index contributed by atoms with van der Waals surface area (Å²) in [4.78, 5) is 11.4. The minimum Gasteiger partial charge on any atom is -0.466 e. The van der Waals surface area contributed by atoms with E-state index in [0.717, 1.165) is 51.4 Å². The maximum Gasteiger partial charge on any atom is 0.305 e. The SMILES string of the molecule is CCCCCC(O)C/C=C\CCCCCCCC(=O)OCCCCO. The van der Waals surface area contributed by atoms with Crippen LogP contribution in [0.2, 0.25) is 0 Å². The Labute approximate surface area is 154 Å². The maximum absolute atomic E-state index is 11.4. The minimum absolute atomic E-state index is 0.113. The lowest BCUT2D eigenvalue weighted by atomic mass is 10.1. The molecule has 0 aliphatic carbocycles. The molecular weight excluding hydrogens is 316 g/mol. The highest BCUT2D eigenvalue weighted by Crippen LogP contribution is 2.10. The number of hydrogen-bond donors (Lipinski definition) is 2. The Morgan fingerprint density at radius 3 is 2.48 bits per heavy atom. The van der Waals surface area contributed by atoms with Crippen LogP contribution in [0.5, 0.6) is 0 Å². The molecule has 0 bridgehead atoms. The van der Waals surface area contributed by atoms with Gasteiger partial charge in [-0.1, -0.05) is 57.6 Å². The van der Waals surface area contributed by atoms with Crippen LogP contribution in [0.15, 0.2) is 12.2 Å². The van der Waals surface area contributed by atoms with Crippen molar-refractivity contribution < 1.29 is 19.7 Å². The third-order valence-corrected chi connectivity index (χ3v) is 4.28. The summed E-state index contributed by atoms with van der Waals surface area (Å²) in [7, 11) is 0. The Balaban J connectivity index is 3.30. The van der Waals surface area contributed by atoms with Gasteiger partial charge in [-0.3, -0.25) is 4.79 Å². The van der Waals surface area contributed by atoms with E-state index in [1.807, 2.05) is 0 Å². The van der Waals surface area contributed by atoms with Gasteiger partial charge in [0, 0.05) is 13.0 Å². The lowest BCUT2D eigenvalue weighted by molar-refractivity contribution is -0.143. The fraction of sp³-hybridized carbons (Fsp3) is 0.857. The molecular formula is C21H40O4. The first-order chi connectivity index (χ1) is 12.2. The molecule has 0 amide bonds. The van der Waals surface area contributed by atoms with Gasteiger partial charge in [-0.2, -0.15) is 0 Å². The number of carbonyl (C=O) groups excluding carboxylic acids is 1. The highest BCUT2D eigenvalue weighted by molar-refractivity contribution is 5.69. The number of esters is 1. The van der Waals surface area contributed by atoms with Crippen molar-refractivity contribution in [2.75, 3.05) is 13.2 Å². The van der Waals surface area contributed by atoms with Crippen LogP contribution in [-0.2, 0) is 9.53 Å². The molecule has 1 unspecified atom stereocenters. The molecule has 0 aromatic heterocycles. The molecule has 148 valence electrons. The predicted octanol–water partition coefficient (Wildman–Crippen LogP) is 4.92. The quantitative estimate of drug-likeness (QED) is 0.208. The fourth-order valence-electron chi connectivity index (χ4n) is 2.65. The van der Waals surface area contributed by atoms with Crippen molar-refractivity contribution in [3.63, 3.8) is 0 Å². The number of allylic oxidation sites excluding steroid dienone is 1. The van der Waals surface area contributed by atoms with Crippen LogP contribution in [0.1, 0.15) is 96.8 Å². The van der Waals surface area contributed by atoms with Crippen LogP contribution >= 0.6 is 0 Å². The van der Waals surface area contributed by atoms with Gasteiger partial charge in [0.1, 0.15) is 0 Å². The van der Waals surface area contributed by atoms with Gasteiger partial charge >= 0.3 is 5.97 Å². The molecule has 0 aromatic rings. The van der Waals surface area contributed by atoms with Crippen LogP contribution in [0.3, 0.4) is 0 Å². The molecule has 0 rings (SSSR count). The van der Waals surface area contributed by atoms with Crippen molar-refractivity contribution in [2.45, 2.75) is 103 Å². The van der Waals surface area contributed by atoms with Crippen LogP contribution in [0.25, 0.3) is 0 Å². The van der Waals surface area contributed by atoms with Crippen molar-refractivity contribution in [2.24, 2.45) is 0 Å². The van der Waals surface area contributed by atoms with E-state index < -0.39 is 0 Å². The second-order valence-corrected chi connectivity index (χ2v) is 6.81. The normalized spacial score (nSPS) is 12.6. The Kier molecular flexibility index (Phi) is 18.8. The van der Waals surface area contributed by atoms with Crippen LogP contribution in [-0.4, -0.2) is 35.5 Å². The molecule has 0 saturated carbocycles. The van der Waals surface area contributed by atoms with Crippen LogP contribution < -0.4 is 0 Å². The summed E-state index contributed by atoms with van der Waals surface area (Å²) in [5.74, 6) is -0.113. The van der Waals surface area contributed by atoms with Gasteiger partial charge < -0.3 is 14.9 Å². The molecule has 1 atom stereocenters. The number of hydrogen-bond acceptors (Lipinski definition) is 4. The van der Waals surface area contributed by atoms with E-state index in [1.54, 1.807) is 0 Å². The van der Waals surface area contributed by atoms with E-state index in [-0.39, 0.29) is 18.7 Å². The van der Waals surface area contributed by atoms with Gasteiger partial charge in [-0.25, -0.2) is 0 Å². The second kappa shape index (κ2) is 19.5. The van der Waals surface area contributed by atoms with Crippen LogP contribution in [0, 0.1) is 0 Å². The van der Waals surface area contributed by atoms with E-state index in [2.05, 4.69) is 19.1 Å². The summed E-state index contributed by atoms with van der Waals surface area (Å²) in [6.07, 6.45) is 17.9. The Morgan fingerprint density at radius 2 is 1.72 bits per heavy atom. The summed E-state index contributed by atoms with van der Waals surface area (Å²) in [6, 6.07) is 0. The van der Waals surface area contributed by atoms with Gasteiger partial charge in [0.2, 0.25) is 0 Å². The third kappa shape index (κ3) is 19.3. The predicted molar refractivity (Wildman–Crippen MR) is 104 cm³/mol. The zero-order valence-corrected chi connectivity index (χ0v) is 16.3. The Hall–Kier alpha value is -0.870. The van der Waals surface area contributed by atoms with Crippen molar-refractivity contribution in [3.8, 4) is 0 Å². The van der Waals surface area contributed by atoms with Crippen LogP contribution in [0.4, 0.5) is 0 Å². The molecule has 0 saturated heterocycles. The second-order valence-electron chi connectivity index (χ2n) is 6.81. The molecule has 4 heteroatoms. The third-order valence-electron chi connectivity index (χ3n) is 4.28. The average molecular weight is 357 g/mol. The molecule has 0 aliphatic rings. The largest absolute Gasteiger partial charge is 0.466 e. The number of carbonyl (C=O) groups is 1. The molecule has 0 fully saturated rings. The lowest BCUT2D eigenvalue weighted by Gasteiger charge is -2.06. The first kappa shape index (κ1) is 24.1. The first-order valence-corrected chi connectivity index (χ1v) is 10.3. The molecule has 4 nitrogen and oxygen atoms in total. The van der Waals surface area contributed by atoms with Gasteiger partial charge in [0.05, 0.1) is 12.7 Å². The van der Waals surface area contributed by atoms with E-state index in [1.165, 1.54) is 25.7 Å². The Morgan fingerprint density at radius 1 is 0.960 bits per heavy atom. The van der Waals surface area contributed by atoms with Crippen molar-refractivity contribution in [3.05, 3.63) is 12.2 Å². The number of aliphatic hydroxyl groups is 2. The molecule has 0 radical (unpaired) electrons. The zero-order valence-electron chi connectivity index (χ0n) is 16.3. The number of aliphatic hydroxyl groups excluding tert-OH is 2. The topological polar surface area (TPSA) is 66.8 Å². The van der Waals surface area contributed by atoms with E-state index in [9.17, 15) is 9.90 Å². The smallest absolute Gasteiger partial charge is 0.305 e. The molecule has 0 heterocycles. The van der Waals surface area contributed by atoms with E-state index >= 15 is 0 Å². The van der Waals surface area contributed by atoms with Gasteiger partial charge in [-0.15, -0.1) is 0 Å². The first-order valence-electron chi connectivity index (χ1n) is 10.3. The highest BCUT2D eigenvalue weighted by atomic mass is 16.5. The minimum atomic E-state index is -0.175. The molecule has 2 N–H and O–H groups in total. The number of unbranched alkanes of at least 4 members (excludes halogenated alkanes) is 8. The summed E-state index contributed by atoms with van der Waals surface area (Å²) in [5, 5.41) is 18.4. The summed E-state index contributed by atoms with van der Waals surface area (Å²) in [6.45, 7) is 2.77. The molecule has 25 heavy (non-hydrogen) atoms. The average Bonchev–Trinajstić information content (AvgIpc) is 2.60. The number of ether oxygens (including phenoxy) is 1. The zero-order chi connectivity index (χ0) is 18.6. The fourth-order valence-corrected chi connectivity index (χ4v) is 2.65. The van der Waals surface area contributed by atoms with Crippen molar-refractivity contribution in [1.29, 1.82) is 0 Å². The van der Waals surface area contributed by atoms with Crippen molar-refractivity contribution >= 4 is 5.97 Å². The summed E-state index contributed by atoms with van der Waals surface area (Å²) >= 11 is 0. The van der Waals surface area contributed by atoms with Gasteiger partial charge in [0.25, 0.3) is 0 Å². The summed E-state index contributed by atoms with van der Waals surface area (Å²) < 4.78 is 5.09. The molecule has 0 spiro atoms. The monoisotopic (exact) mass is 356 g/mol. The highest BCUT2D eigenvalue weighted by Gasteiger charge is 2.02. The lowest BCUT2D eigenvalue weighted by Crippen LogP contribution is -2.06. The summed E-state index contributed by atoms with van der Waals surface area (Å²) in [5.41, 5.74) is 0. The van der Waals surface area contributed by atoms with E-state index in [4.69, 9.17) is 9.84 Å². The van der Waals surface area contributed by atoms with Gasteiger partial charge in [0.15, 0.2) is 0 Å². The van der Waals surface area contributed by atoms with Gasteiger partial charge in [-0.05, 0) is 44.9 Å². The number of rotatable bonds is 18. The molecule has 0 aliphatic heterocycles. The standard InChI is InChI=1S/C21H40O4/c1-2-3-10-15-20(23)16-11-8-6-4-5-7-9-12-17-21(24)25-19-14-13-18-22/h8,11,20,22-23H,2-7,9-10,12-19H2,1H3/b11-8-. The molecule has 0 aromatic carbocycles.